The van der Waals surface area contributed by atoms with E-state index < -0.39 is 11.4 Å². The second-order valence-electron chi connectivity index (χ2n) is 3.75. The Morgan fingerprint density at radius 1 is 1.47 bits per heavy atom. The first-order chi connectivity index (χ1) is 7.18. The van der Waals surface area contributed by atoms with Crippen molar-refractivity contribution in [3.8, 4) is 5.75 Å². The Morgan fingerprint density at radius 2 is 2.20 bits per heavy atom. The van der Waals surface area contributed by atoms with E-state index in [9.17, 15) is 14.3 Å². The summed E-state index contributed by atoms with van der Waals surface area (Å²) in [6, 6.07) is 3.69. The Morgan fingerprint density at radius 3 is 2.73 bits per heavy atom. The van der Waals surface area contributed by atoms with Crippen molar-refractivity contribution in [2.24, 2.45) is 4.99 Å². The molecule has 0 spiro atoms. The fourth-order valence-corrected chi connectivity index (χ4v) is 1.92. The van der Waals surface area contributed by atoms with E-state index in [1.807, 2.05) is 0 Å². The number of phenols is 1. The highest BCUT2D eigenvalue weighted by Crippen LogP contribution is 2.47. The molecule has 2 rings (SSSR count). The quantitative estimate of drug-likeness (QED) is 0.597. The Hall–Kier alpha value is -1.67. The van der Waals surface area contributed by atoms with Crippen molar-refractivity contribution in [3.63, 3.8) is 0 Å². The summed E-state index contributed by atoms with van der Waals surface area (Å²) >= 11 is 0. The highest BCUT2D eigenvalue weighted by atomic mass is 19.1. The number of aromatic hydroxyl groups is 1. The second kappa shape index (κ2) is 3.48. The standard InChI is InChI=1S/C11H10FNO2/c12-8-2-3-10(15)9(6-8)11(13-7-14)4-1-5-11/h2-3,6,15H,1,4-5H2. The number of phenolic OH excluding ortho intramolecular Hbond substituents is 1. The number of nitrogens with zero attached hydrogens (tertiary/aromatic N) is 1. The normalized spacial score (nSPS) is 17.7. The summed E-state index contributed by atoms with van der Waals surface area (Å²) in [5.41, 5.74) is -0.356. The molecule has 0 aromatic heterocycles. The van der Waals surface area contributed by atoms with E-state index in [4.69, 9.17) is 0 Å². The SMILES string of the molecule is O=C=NC1(c2cc(F)ccc2O)CCC1. The van der Waals surface area contributed by atoms with E-state index >= 15 is 0 Å². The number of halogens is 1. The van der Waals surface area contributed by atoms with Gasteiger partial charge in [0.05, 0.1) is 0 Å². The van der Waals surface area contributed by atoms with Gasteiger partial charge in [0.1, 0.15) is 17.1 Å². The van der Waals surface area contributed by atoms with Crippen LogP contribution in [0.3, 0.4) is 0 Å². The lowest BCUT2D eigenvalue weighted by atomic mass is 9.72. The molecule has 0 amide bonds. The molecule has 1 aromatic rings. The van der Waals surface area contributed by atoms with Crippen molar-refractivity contribution in [2.45, 2.75) is 24.8 Å². The summed E-state index contributed by atoms with van der Waals surface area (Å²) in [5.74, 6) is -0.453. The Labute approximate surface area is 86.3 Å². The van der Waals surface area contributed by atoms with E-state index in [1.165, 1.54) is 24.3 Å². The Bertz CT molecular complexity index is 434. The largest absolute Gasteiger partial charge is 0.508 e. The van der Waals surface area contributed by atoms with Crippen molar-refractivity contribution in [1.29, 1.82) is 0 Å². The zero-order valence-electron chi connectivity index (χ0n) is 8.03. The van der Waals surface area contributed by atoms with Gasteiger partial charge in [-0.2, -0.15) is 4.99 Å². The number of rotatable bonds is 2. The molecule has 3 nitrogen and oxygen atoms in total. The third-order valence-electron chi connectivity index (χ3n) is 2.90. The van der Waals surface area contributed by atoms with Crippen LogP contribution in [0.5, 0.6) is 5.75 Å². The number of aliphatic imine (C=N–C) groups is 1. The van der Waals surface area contributed by atoms with Crippen molar-refractivity contribution < 1.29 is 14.3 Å². The van der Waals surface area contributed by atoms with Gasteiger partial charge in [0, 0.05) is 5.56 Å². The van der Waals surface area contributed by atoms with E-state index in [0.717, 1.165) is 6.42 Å². The molecule has 0 heterocycles. The molecule has 0 saturated heterocycles. The van der Waals surface area contributed by atoms with Crippen LogP contribution in [-0.4, -0.2) is 11.2 Å². The minimum atomic E-state index is -0.742. The molecule has 1 aliphatic rings. The molecule has 15 heavy (non-hydrogen) atoms. The number of benzene rings is 1. The molecule has 4 heteroatoms. The van der Waals surface area contributed by atoms with Crippen LogP contribution >= 0.6 is 0 Å². The first kappa shape index (κ1) is 9.87. The van der Waals surface area contributed by atoms with Gasteiger partial charge in [-0.3, -0.25) is 0 Å². The maximum atomic E-state index is 13.0. The lowest BCUT2D eigenvalue weighted by Gasteiger charge is -2.37. The molecule has 0 atom stereocenters. The van der Waals surface area contributed by atoms with Crippen LogP contribution in [0.4, 0.5) is 4.39 Å². The van der Waals surface area contributed by atoms with Crippen LogP contribution in [0.1, 0.15) is 24.8 Å². The van der Waals surface area contributed by atoms with E-state index in [0.29, 0.717) is 18.4 Å². The Balaban J connectivity index is 2.51. The van der Waals surface area contributed by atoms with Crippen LogP contribution in [0.25, 0.3) is 0 Å². The predicted octanol–water partition coefficient (Wildman–Crippen LogP) is 2.25. The first-order valence-corrected chi connectivity index (χ1v) is 4.76. The molecule has 0 bridgehead atoms. The highest BCUT2D eigenvalue weighted by molar-refractivity contribution is 5.44. The second-order valence-corrected chi connectivity index (χ2v) is 3.75. The number of hydrogen-bond acceptors (Lipinski definition) is 3. The molecule has 0 unspecified atom stereocenters. The maximum Gasteiger partial charge on any atom is 0.235 e. The minimum absolute atomic E-state index is 0.0184. The average molecular weight is 207 g/mol. The van der Waals surface area contributed by atoms with Gasteiger partial charge in [-0.05, 0) is 37.5 Å². The number of carbonyl (C=O) groups excluding carboxylic acids is 1. The fraction of sp³-hybridized carbons (Fsp3) is 0.364. The van der Waals surface area contributed by atoms with E-state index in [2.05, 4.69) is 4.99 Å². The zero-order valence-corrected chi connectivity index (χ0v) is 8.03. The van der Waals surface area contributed by atoms with Crippen molar-refractivity contribution in [3.05, 3.63) is 29.6 Å². The molecule has 1 aliphatic carbocycles. The third kappa shape index (κ3) is 1.53. The lowest BCUT2D eigenvalue weighted by molar-refractivity contribution is 0.247. The molecule has 1 fully saturated rings. The van der Waals surface area contributed by atoms with Gasteiger partial charge < -0.3 is 5.11 Å². The van der Waals surface area contributed by atoms with Crippen molar-refractivity contribution in [2.75, 3.05) is 0 Å². The number of hydrogen-bond donors (Lipinski definition) is 1. The molecule has 1 N–H and O–H groups in total. The van der Waals surface area contributed by atoms with Gasteiger partial charge in [-0.1, -0.05) is 0 Å². The molecular weight excluding hydrogens is 197 g/mol. The van der Waals surface area contributed by atoms with E-state index in [-0.39, 0.29) is 5.75 Å². The van der Waals surface area contributed by atoms with Crippen LogP contribution in [-0.2, 0) is 10.3 Å². The van der Waals surface area contributed by atoms with Crippen LogP contribution < -0.4 is 0 Å². The highest BCUT2D eigenvalue weighted by Gasteiger charge is 2.41. The smallest absolute Gasteiger partial charge is 0.235 e. The summed E-state index contributed by atoms with van der Waals surface area (Å²) in [6.07, 6.45) is 3.72. The zero-order chi connectivity index (χ0) is 10.9. The summed E-state index contributed by atoms with van der Waals surface area (Å²) in [4.78, 5) is 14.0. The van der Waals surface area contributed by atoms with Gasteiger partial charge in [0.25, 0.3) is 0 Å². The van der Waals surface area contributed by atoms with Gasteiger partial charge in [-0.15, -0.1) is 0 Å². The maximum absolute atomic E-state index is 13.0. The lowest BCUT2D eigenvalue weighted by Crippen LogP contribution is -2.32. The molecular formula is C11H10FNO2. The molecule has 0 radical (unpaired) electrons. The first-order valence-electron chi connectivity index (χ1n) is 4.76. The van der Waals surface area contributed by atoms with Gasteiger partial charge in [0.15, 0.2) is 0 Å². The van der Waals surface area contributed by atoms with Gasteiger partial charge >= 0.3 is 0 Å². The summed E-state index contributed by atoms with van der Waals surface area (Å²) in [5, 5.41) is 9.61. The van der Waals surface area contributed by atoms with Gasteiger partial charge in [-0.25, -0.2) is 9.18 Å². The average Bonchev–Trinajstić information content (AvgIpc) is 2.16. The minimum Gasteiger partial charge on any atom is -0.508 e. The Kier molecular flexibility index (Phi) is 2.29. The van der Waals surface area contributed by atoms with Crippen molar-refractivity contribution >= 4 is 6.08 Å². The third-order valence-corrected chi connectivity index (χ3v) is 2.90. The topological polar surface area (TPSA) is 49.7 Å². The fourth-order valence-electron chi connectivity index (χ4n) is 1.92. The van der Waals surface area contributed by atoms with Crippen LogP contribution in [0.15, 0.2) is 23.2 Å². The number of isocyanates is 1. The molecule has 1 aromatic carbocycles. The molecule has 1 saturated carbocycles. The van der Waals surface area contributed by atoms with E-state index in [1.54, 1.807) is 0 Å². The van der Waals surface area contributed by atoms with Gasteiger partial charge in [0.2, 0.25) is 6.08 Å². The summed E-state index contributed by atoms with van der Waals surface area (Å²) in [7, 11) is 0. The van der Waals surface area contributed by atoms with Crippen LogP contribution in [0.2, 0.25) is 0 Å². The van der Waals surface area contributed by atoms with Crippen molar-refractivity contribution in [1.82, 2.24) is 0 Å². The summed E-state index contributed by atoms with van der Waals surface area (Å²) in [6.45, 7) is 0. The predicted molar refractivity (Wildman–Crippen MR) is 51.7 cm³/mol. The molecule has 0 aliphatic heterocycles. The summed E-state index contributed by atoms with van der Waals surface area (Å²) < 4.78 is 13.0. The molecule has 78 valence electrons. The van der Waals surface area contributed by atoms with Crippen LogP contribution in [0, 0.1) is 5.82 Å². The monoisotopic (exact) mass is 207 g/mol.